The van der Waals surface area contributed by atoms with Gasteiger partial charge in [-0.05, 0) is 24.3 Å². The van der Waals surface area contributed by atoms with Crippen molar-refractivity contribution in [3.05, 3.63) is 36.9 Å². The highest BCUT2D eigenvalue weighted by molar-refractivity contribution is 5.35. The van der Waals surface area contributed by atoms with Crippen molar-refractivity contribution in [2.75, 3.05) is 0 Å². The zero-order valence-corrected chi connectivity index (χ0v) is 6.21. The van der Waals surface area contributed by atoms with Crippen molar-refractivity contribution in [1.82, 2.24) is 14.8 Å². The molecule has 0 aliphatic carbocycles. The zero-order chi connectivity index (χ0) is 8.39. The second-order valence-corrected chi connectivity index (χ2v) is 2.33. The monoisotopic (exact) mass is 160 g/mol. The average molecular weight is 160 g/mol. The molecule has 1 radical (unpaired) electrons. The molecule has 0 bridgehead atoms. The van der Waals surface area contributed by atoms with Crippen LogP contribution < -0.4 is 0 Å². The standard InChI is InChI=1S/C8H6N3O/c12-8-3-1-7(2-4-8)11-6-9-5-10-11/h1-6H. The van der Waals surface area contributed by atoms with Crippen LogP contribution in [0, 0.1) is 0 Å². The van der Waals surface area contributed by atoms with E-state index in [0.717, 1.165) is 5.69 Å². The normalized spacial score (nSPS) is 10.0. The van der Waals surface area contributed by atoms with Crippen molar-refractivity contribution in [3.8, 4) is 11.4 Å². The van der Waals surface area contributed by atoms with E-state index in [1.54, 1.807) is 23.1 Å². The largest absolute Gasteiger partial charge is 0.290 e. The molecule has 0 spiro atoms. The molecule has 0 unspecified atom stereocenters. The van der Waals surface area contributed by atoms with Crippen molar-refractivity contribution in [1.29, 1.82) is 0 Å². The minimum atomic E-state index is -0.00105. The van der Waals surface area contributed by atoms with Crippen LogP contribution >= 0.6 is 0 Å². The van der Waals surface area contributed by atoms with Crippen LogP contribution in [0.15, 0.2) is 36.9 Å². The van der Waals surface area contributed by atoms with E-state index in [1.165, 1.54) is 18.5 Å². The summed E-state index contributed by atoms with van der Waals surface area (Å²) in [5.74, 6) is -0.00105. The molecular formula is C8H6N3O. The SMILES string of the molecule is [O]c1ccc(-n2cncn2)cc1. The fourth-order valence-corrected chi connectivity index (χ4v) is 0.940. The summed E-state index contributed by atoms with van der Waals surface area (Å²) in [6.45, 7) is 0. The molecule has 1 aromatic carbocycles. The maximum atomic E-state index is 10.7. The zero-order valence-electron chi connectivity index (χ0n) is 6.21. The second-order valence-electron chi connectivity index (χ2n) is 2.33. The lowest BCUT2D eigenvalue weighted by Gasteiger charge is -1.97. The van der Waals surface area contributed by atoms with Gasteiger partial charge in [0.2, 0.25) is 0 Å². The maximum Gasteiger partial charge on any atom is 0.178 e. The van der Waals surface area contributed by atoms with Gasteiger partial charge in [0, 0.05) is 0 Å². The summed E-state index contributed by atoms with van der Waals surface area (Å²) < 4.78 is 1.60. The Balaban J connectivity index is 2.43. The number of hydrogen-bond acceptors (Lipinski definition) is 2. The first-order valence-corrected chi connectivity index (χ1v) is 3.48. The fourth-order valence-electron chi connectivity index (χ4n) is 0.940. The summed E-state index contributed by atoms with van der Waals surface area (Å²) in [7, 11) is 0. The Bertz CT molecular complexity index is 352. The topological polar surface area (TPSA) is 50.6 Å². The highest BCUT2D eigenvalue weighted by atomic mass is 16.3. The van der Waals surface area contributed by atoms with Crippen LogP contribution in [0.2, 0.25) is 0 Å². The average Bonchev–Trinajstić information content (AvgIpc) is 2.58. The molecule has 2 rings (SSSR count). The Kier molecular flexibility index (Phi) is 1.51. The highest BCUT2D eigenvalue weighted by Gasteiger charge is 1.95. The molecule has 0 saturated heterocycles. The van der Waals surface area contributed by atoms with Crippen LogP contribution in [0.1, 0.15) is 0 Å². The molecule has 0 fully saturated rings. The van der Waals surface area contributed by atoms with Gasteiger partial charge in [0.15, 0.2) is 5.75 Å². The highest BCUT2D eigenvalue weighted by Crippen LogP contribution is 2.12. The quantitative estimate of drug-likeness (QED) is 0.633. The van der Waals surface area contributed by atoms with Crippen molar-refractivity contribution in [2.24, 2.45) is 0 Å². The molecular weight excluding hydrogens is 154 g/mol. The molecule has 0 atom stereocenters. The van der Waals surface area contributed by atoms with Crippen LogP contribution in [-0.2, 0) is 5.11 Å². The van der Waals surface area contributed by atoms with Crippen molar-refractivity contribution in [3.63, 3.8) is 0 Å². The van der Waals surface area contributed by atoms with Gasteiger partial charge in [-0.1, -0.05) is 0 Å². The van der Waals surface area contributed by atoms with Gasteiger partial charge in [0.05, 0.1) is 5.69 Å². The minimum Gasteiger partial charge on any atom is -0.290 e. The lowest BCUT2D eigenvalue weighted by atomic mass is 10.3. The van der Waals surface area contributed by atoms with Crippen LogP contribution in [0.25, 0.3) is 5.69 Å². The van der Waals surface area contributed by atoms with E-state index in [4.69, 9.17) is 0 Å². The van der Waals surface area contributed by atoms with E-state index in [2.05, 4.69) is 10.1 Å². The van der Waals surface area contributed by atoms with Gasteiger partial charge >= 0.3 is 0 Å². The molecule has 4 nitrogen and oxygen atoms in total. The lowest BCUT2D eigenvalue weighted by molar-refractivity contribution is 0.355. The molecule has 0 aliphatic rings. The molecule has 0 saturated carbocycles. The third-order valence-electron chi connectivity index (χ3n) is 1.52. The first-order valence-electron chi connectivity index (χ1n) is 3.48. The van der Waals surface area contributed by atoms with Crippen molar-refractivity contribution in [2.45, 2.75) is 0 Å². The number of benzene rings is 1. The Morgan fingerprint density at radius 3 is 2.50 bits per heavy atom. The van der Waals surface area contributed by atoms with E-state index < -0.39 is 0 Å². The van der Waals surface area contributed by atoms with Crippen molar-refractivity contribution < 1.29 is 5.11 Å². The minimum absolute atomic E-state index is 0.00105. The Morgan fingerprint density at radius 1 is 1.17 bits per heavy atom. The predicted octanol–water partition coefficient (Wildman–Crippen LogP) is 1.41. The van der Waals surface area contributed by atoms with Crippen LogP contribution in [0.4, 0.5) is 0 Å². The van der Waals surface area contributed by atoms with Gasteiger partial charge in [-0.15, -0.1) is 0 Å². The lowest BCUT2D eigenvalue weighted by Crippen LogP contribution is -1.92. The second kappa shape index (κ2) is 2.65. The Labute approximate surface area is 69.1 Å². The fraction of sp³-hybridized carbons (Fsp3) is 0. The molecule has 1 aromatic heterocycles. The van der Waals surface area contributed by atoms with Gasteiger partial charge in [0.1, 0.15) is 12.7 Å². The Hall–Kier alpha value is -1.84. The molecule has 59 valence electrons. The molecule has 12 heavy (non-hydrogen) atoms. The Morgan fingerprint density at radius 2 is 1.92 bits per heavy atom. The first kappa shape index (κ1) is 6.84. The summed E-state index contributed by atoms with van der Waals surface area (Å²) in [6.07, 6.45) is 3.03. The van der Waals surface area contributed by atoms with Gasteiger partial charge in [0.25, 0.3) is 0 Å². The van der Waals surface area contributed by atoms with E-state index in [1.807, 2.05) is 0 Å². The first-order chi connectivity index (χ1) is 5.86. The van der Waals surface area contributed by atoms with Crippen LogP contribution in [-0.4, -0.2) is 14.8 Å². The number of rotatable bonds is 1. The van der Waals surface area contributed by atoms with Crippen LogP contribution in [0.3, 0.4) is 0 Å². The smallest absolute Gasteiger partial charge is 0.178 e. The van der Waals surface area contributed by atoms with Crippen molar-refractivity contribution >= 4 is 0 Å². The summed E-state index contributed by atoms with van der Waals surface area (Å²) in [4.78, 5) is 3.79. The maximum absolute atomic E-state index is 10.7. The molecule has 1 heterocycles. The number of nitrogens with zero attached hydrogens (tertiary/aromatic N) is 3. The van der Waals surface area contributed by atoms with E-state index in [-0.39, 0.29) is 5.75 Å². The number of hydrogen-bond donors (Lipinski definition) is 0. The summed E-state index contributed by atoms with van der Waals surface area (Å²) in [5.41, 5.74) is 0.840. The molecule has 2 aromatic rings. The molecule has 0 N–H and O–H groups in total. The summed E-state index contributed by atoms with van der Waals surface area (Å²) >= 11 is 0. The van der Waals surface area contributed by atoms with Crippen LogP contribution in [0.5, 0.6) is 5.75 Å². The molecule has 4 heteroatoms. The van der Waals surface area contributed by atoms with Gasteiger partial charge in [-0.25, -0.2) is 9.67 Å². The summed E-state index contributed by atoms with van der Waals surface area (Å²) in [6, 6.07) is 6.40. The third kappa shape index (κ3) is 1.14. The van der Waals surface area contributed by atoms with E-state index in [9.17, 15) is 5.11 Å². The number of aromatic nitrogens is 3. The summed E-state index contributed by atoms with van der Waals surface area (Å²) in [5, 5.41) is 14.7. The molecule has 0 amide bonds. The van der Waals surface area contributed by atoms with Gasteiger partial charge in [-0.2, -0.15) is 5.10 Å². The van der Waals surface area contributed by atoms with E-state index >= 15 is 0 Å². The molecule has 0 aliphatic heterocycles. The predicted molar refractivity (Wildman–Crippen MR) is 41.5 cm³/mol. The van der Waals surface area contributed by atoms with Gasteiger partial charge < -0.3 is 0 Å². The van der Waals surface area contributed by atoms with E-state index in [0.29, 0.717) is 0 Å². The third-order valence-corrected chi connectivity index (χ3v) is 1.52. The van der Waals surface area contributed by atoms with Gasteiger partial charge in [-0.3, -0.25) is 5.11 Å².